The van der Waals surface area contributed by atoms with Crippen molar-refractivity contribution in [2.45, 2.75) is 37.0 Å². The van der Waals surface area contributed by atoms with Gasteiger partial charge < -0.3 is 5.11 Å². The Kier molecular flexibility index (Phi) is 6.60. The molecule has 1 aromatic rings. The van der Waals surface area contributed by atoms with Crippen LogP contribution in [-0.4, -0.2) is 26.0 Å². The van der Waals surface area contributed by atoms with Gasteiger partial charge in [0.05, 0.1) is 4.90 Å². The zero-order chi connectivity index (χ0) is 15.0. The fraction of sp³-hybridized carbons (Fsp3) is 0.462. The number of benzene rings is 1. The number of carbonyl (C=O) groups is 1. The standard InChI is InChI=1S/C13H18FNO4S/c14-11-6-5-7-12(10-11)20(18,19)15-9-4-2-1-3-8-13(16)17/h5-7,10,15H,1-4,8-9H2,(H,16,17). The molecule has 0 amide bonds. The van der Waals surface area contributed by atoms with Gasteiger partial charge in [0.1, 0.15) is 5.82 Å². The lowest BCUT2D eigenvalue weighted by atomic mass is 10.1. The highest BCUT2D eigenvalue weighted by Crippen LogP contribution is 2.10. The van der Waals surface area contributed by atoms with Gasteiger partial charge in [-0.2, -0.15) is 0 Å². The van der Waals surface area contributed by atoms with Gasteiger partial charge in [0.2, 0.25) is 10.0 Å². The second kappa shape index (κ2) is 7.96. The summed E-state index contributed by atoms with van der Waals surface area (Å²) in [5.74, 6) is -1.42. The van der Waals surface area contributed by atoms with Crippen LogP contribution in [0.5, 0.6) is 0 Å². The summed E-state index contributed by atoms with van der Waals surface area (Å²) in [5.41, 5.74) is 0. The lowest BCUT2D eigenvalue weighted by Gasteiger charge is -2.06. The number of nitrogens with one attached hydrogen (secondary N) is 1. The molecule has 0 fully saturated rings. The molecular weight excluding hydrogens is 285 g/mol. The molecule has 0 radical (unpaired) electrons. The molecule has 112 valence electrons. The third kappa shape index (κ3) is 6.12. The van der Waals surface area contributed by atoms with E-state index in [1.54, 1.807) is 0 Å². The molecule has 0 spiro atoms. The smallest absolute Gasteiger partial charge is 0.303 e. The van der Waals surface area contributed by atoms with Gasteiger partial charge in [0.15, 0.2) is 0 Å². The summed E-state index contributed by atoms with van der Waals surface area (Å²) in [4.78, 5) is 10.2. The van der Waals surface area contributed by atoms with E-state index in [-0.39, 0.29) is 17.9 Å². The number of halogens is 1. The Morgan fingerprint density at radius 1 is 1.20 bits per heavy atom. The number of hydrogen-bond donors (Lipinski definition) is 2. The predicted octanol–water partition coefficient (Wildman–Crippen LogP) is 2.14. The van der Waals surface area contributed by atoms with E-state index in [2.05, 4.69) is 4.72 Å². The van der Waals surface area contributed by atoms with E-state index in [1.807, 2.05) is 0 Å². The van der Waals surface area contributed by atoms with Gasteiger partial charge in [-0.1, -0.05) is 18.9 Å². The van der Waals surface area contributed by atoms with Crippen LogP contribution < -0.4 is 4.72 Å². The number of rotatable bonds is 9. The molecule has 0 aliphatic heterocycles. The molecule has 20 heavy (non-hydrogen) atoms. The Morgan fingerprint density at radius 3 is 2.55 bits per heavy atom. The molecule has 0 aliphatic carbocycles. The normalized spacial score (nSPS) is 11.4. The van der Waals surface area contributed by atoms with E-state index in [4.69, 9.17) is 5.11 Å². The van der Waals surface area contributed by atoms with Crippen molar-refractivity contribution >= 4 is 16.0 Å². The zero-order valence-corrected chi connectivity index (χ0v) is 11.8. The first-order valence-corrected chi connectivity index (χ1v) is 7.87. The lowest BCUT2D eigenvalue weighted by Crippen LogP contribution is -2.24. The van der Waals surface area contributed by atoms with E-state index < -0.39 is 21.8 Å². The van der Waals surface area contributed by atoms with Gasteiger partial charge in [-0.3, -0.25) is 4.79 Å². The van der Waals surface area contributed by atoms with Crippen molar-refractivity contribution in [2.75, 3.05) is 6.54 Å². The summed E-state index contributed by atoms with van der Waals surface area (Å²) in [7, 11) is -3.67. The van der Waals surface area contributed by atoms with Crippen molar-refractivity contribution in [3.05, 3.63) is 30.1 Å². The molecule has 0 aromatic heterocycles. The highest BCUT2D eigenvalue weighted by atomic mass is 32.2. The van der Waals surface area contributed by atoms with Crippen LogP contribution in [0.4, 0.5) is 4.39 Å². The van der Waals surface area contributed by atoms with E-state index in [0.29, 0.717) is 12.8 Å². The number of hydrogen-bond acceptors (Lipinski definition) is 3. The Hall–Kier alpha value is -1.47. The third-order valence-corrected chi connectivity index (χ3v) is 4.17. The SMILES string of the molecule is O=C(O)CCCCCCNS(=O)(=O)c1cccc(F)c1. The van der Waals surface area contributed by atoms with Crippen LogP contribution in [0.25, 0.3) is 0 Å². The van der Waals surface area contributed by atoms with Crippen LogP contribution in [0.3, 0.4) is 0 Å². The third-order valence-electron chi connectivity index (χ3n) is 2.72. The van der Waals surface area contributed by atoms with Gasteiger partial charge in [0.25, 0.3) is 0 Å². The van der Waals surface area contributed by atoms with Crippen molar-refractivity contribution in [1.82, 2.24) is 4.72 Å². The number of carboxylic acids is 1. The number of aliphatic carboxylic acids is 1. The van der Waals surface area contributed by atoms with Crippen LogP contribution in [0.15, 0.2) is 29.2 Å². The van der Waals surface area contributed by atoms with E-state index >= 15 is 0 Å². The van der Waals surface area contributed by atoms with Crippen molar-refractivity contribution in [3.63, 3.8) is 0 Å². The van der Waals surface area contributed by atoms with Gasteiger partial charge >= 0.3 is 5.97 Å². The quantitative estimate of drug-likeness (QED) is 0.685. The van der Waals surface area contributed by atoms with Crippen LogP contribution in [0, 0.1) is 5.82 Å². The van der Waals surface area contributed by atoms with Gasteiger partial charge in [0, 0.05) is 13.0 Å². The predicted molar refractivity (Wildman–Crippen MR) is 72.3 cm³/mol. The minimum Gasteiger partial charge on any atom is -0.481 e. The number of sulfonamides is 1. The first-order valence-electron chi connectivity index (χ1n) is 6.39. The van der Waals surface area contributed by atoms with Gasteiger partial charge in [-0.05, 0) is 31.0 Å². The first-order chi connectivity index (χ1) is 9.42. The Labute approximate surface area is 117 Å². The topological polar surface area (TPSA) is 83.5 Å². The summed E-state index contributed by atoms with van der Waals surface area (Å²) < 4.78 is 39.0. The molecule has 0 atom stereocenters. The molecule has 0 saturated heterocycles. The molecule has 1 rings (SSSR count). The molecule has 1 aromatic carbocycles. The Bertz CT molecular complexity index is 545. The summed E-state index contributed by atoms with van der Waals surface area (Å²) in [6.45, 7) is 0.256. The van der Waals surface area contributed by atoms with Crippen molar-refractivity contribution in [2.24, 2.45) is 0 Å². The monoisotopic (exact) mass is 303 g/mol. The van der Waals surface area contributed by atoms with E-state index in [0.717, 1.165) is 18.9 Å². The molecule has 5 nitrogen and oxygen atoms in total. The second-order valence-corrected chi connectivity index (χ2v) is 6.18. The highest BCUT2D eigenvalue weighted by Gasteiger charge is 2.13. The molecule has 2 N–H and O–H groups in total. The molecule has 0 saturated carbocycles. The van der Waals surface area contributed by atoms with Crippen molar-refractivity contribution in [1.29, 1.82) is 0 Å². The van der Waals surface area contributed by atoms with Gasteiger partial charge in [-0.15, -0.1) is 0 Å². The fourth-order valence-corrected chi connectivity index (χ4v) is 2.78. The molecular formula is C13H18FNO4S. The van der Waals surface area contributed by atoms with Crippen LogP contribution in [0.1, 0.15) is 32.1 Å². The minimum absolute atomic E-state index is 0.0941. The van der Waals surface area contributed by atoms with E-state index in [9.17, 15) is 17.6 Å². The average molecular weight is 303 g/mol. The largest absolute Gasteiger partial charge is 0.481 e. The maximum atomic E-state index is 13.0. The molecule has 7 heteroatoms. The number of carboxylic acid groups (broad SMARTS) is 1. The summed E-state index contributed by atoms with van der Waals surface area (Å²) in [6.07, 6.45) is 2.84. The zero-order valence-electron chi connectivity index (χ0n) is 11.0. The maximum Gasteiger partial charge on any atom is 0.303 e. The fourth-order valence-electron chi connectivity index (χ4n) is 1.68. The van der Waals surface area contributed by atoms with Crippen molar-refractivity contribution < 1.29 is 22.7 Å². The van der Waals surface area contributed by atoms with Crippen LogP contribution in [0.2, 0.25) is 0 Å². The first kappa shape index (κ1) is 16.6. The Balaban J connectivity index is 2.29. The summed E-state index contributed by atoms with van der Waals surface area (Å²) in [6, 6.07) is 4.82. The maximum absolute atomic E-state index is 13.0. The van der Waals surface area contributed by atoms with Crippen molar-refractivity contribution in [3.8, 4) is 0 Å². The summed E-state index contributed by atoms with van der Waals surface area (Å²) >= 11 is 0. The lowest BCUT2D eigenvalue weighted by molar-refractivity contribution is -0.137. The molecule has 0 bridgehead atoms. The molecule has 0 aliphatic rings. The minimum atomic E-state index is -3.67. The molecule has 0 heterocycles. The second-order valence-electron chi connectivity index (χ2n) is 4.41. The number of unbranched alkanes of at least 4 members (excludes halogenated alkanes) is 3. The Morgan fingerprint density at radius 2 is 1.90 bits per heavy atom. The molecule has 0 unspecified atom stereocenters. The van der Waals surface area contributed by atoms with Crippen LogP contribution >= 0.6 is 0 Å². The van der Waals surface area contributed by atoms with E-state index in [1.165, 1.54) is 18.2 Å². The van der Waals surface area contributed by atoms with Gasteiger partial charge in [-0.25, -0.2) is 17.5 Å². The van der Waals surface area contributed by atoms with Crippen LogP contribution in [-0.2, 0) is 14.8 Å². The highest BCUT2D eigenvalue weighted by molar-refractivity contribution is 7.89. The average Bonchev–Trinajstić information content (AvgIpc) is 2.37. The summed E-state index contributed by atoms with van der Waals surface area (Å²) in [5, 5.41) is 8.45.